The number of likely N-dealkylation sites (tertiary alicyclic amines) is 1. The highest BCUT2D eigenvalue weighted by Gasteiger charge is 2.35. The summed E-state index contributed by atoms with van der Waals surface area (Å²) in [6.07, 6.45) is 4.37. The third kappa shape index (κ3) is 2.48. The molecule has 1 aliphatic carbocycles. The second kappa shape index (κ2) is 4.63. The summed E-state index contributed by atoms with van der Waals surface area (Å²) in [5.41, 5.74) is 0. The second-order valence-electron chi connectivity index (χ2n) is 5.04. The maximum atomic E-state index is 3.47. The smallest absolute Gasteiger partial charge is 0.00953 e. The van der Waals surface area contributed by atoms with Gasteiger partial charge in [-0.25, -0.2) is 0 Å². The van der Waals surface area contributed by atoms with Gasteiger partial charge in [-0.15, -0.1) is 0 Å². The van der Waals surface area contributed by atoms with E-state index in [1.165, 1.54) is 38.9 Å². The van der Waals surface area contributed by atoms with Crippen LogP contribution < -0.4 is 5.32 Å². The zero-order valence-corrected chi connectivity index (χ0v) is 9.63. The average molecular weight is 196 g/mol. The van der Waals surface area contributed by atoms with Gasteiger partial charge in [0.15, 0.2) is 0 Å². The van der Waals surface area contributed by atoms with Crippen LogP contribution in [-0.2, 0) is 0 Å². The second-order valence-corrected chi connectivity index (χ2v) is 5.04. The van der Waals surface area contributed by atoms with E-state index < -0.39 is 0 Å². The van der Waals surface area contributed by atoms with Crippen LogP contribution in [0.5, 0.6) is 0 Å². The van der Waals surface area contributed by atoms with Crippen LogP contribution in [0, 0.1) is 11.8 Å². The van der Waals surface area contributed by atoms with E-state index in [1.807, 2.05) is 0 Å². The Morgan fingerprint density at radius 1 is 1.36 bits per heavy atom. The first kappa shape index (κ1) is 10.4. The van der Waals surface area contributed by atoms with Crippen LogP contribution in [0.15, 0.2) is 0 Å². The van der Waals surface area contributed by atoms with Gasteiger partial charge in [0.05, 0.1) is 0 Å². The lowest BCUT2D eigenvalue weighted by Crippen LogP contribution is -2.33. The third-order valence-electron chi connectivity index (χ3n) is 3.88. The van der Waals surface area contributed by atoms with Gasteiger partial charge in [-0.1, -0.05) is 6.92 Å². The summed E-state index contributed by atoms with van der Waals surface area (Å²) in [5, 5.41) is 3.47. The van der Waals surface area contributed by atoms with E-state index in [9.17, 15) is 0 Å². The number of nitrogens with one attached hydrogen (secondary N) is 1. The predicted octanol–water partition coefficient (Wildman–Crippen LogP) is 1.72. The van der Waals surface area contributed by atoms with Crippen molar-refractivity contribution in [2.24, 2.45) is 11.8 Å². The molecule has 82 valence electrons. The number of hydrogen-bond donors (Lipinski definition) is 1. The molecule has 14 heavy (non-hydrogen) atoms. The molecule has 1 saturated heterocycles. The summed E-state index contributed by atoms with van der Waals surface area (Å²) in [7, 11) is 0. The van der Waals surface area contributed by atoms with Crippen molar-refractivity contribution in [3.8, 4) is 0 Å². The summed E-state index contributed by atoms with van der Waals surface area (Å²) in [4.78, 5) is 2.71. The molecule has 1 heterocycles. The first-order valence-corrected chi connectivity index (χ1v) is 6.26. The molecule has 2 nitrogen and oxygen atoms in total. The predicted molar refractivity (Wildman–Crippen MR) is 60.4 cm³/mol. The Morgan fingerprint density at radius 2 is 2.14 bits per heavy atom. The molecule has 0 aromatic heterocycles. The van der Waals surface area contributed by atoms with Crippen LogP contribution in [0.3, 0.4) is 0 Å². The molecule has 2 heteroatoms. The summed E-state index contributed by atoms with van der Waals surface area (Å²) < 4.78 is 0. The highest BCUT2D eigenvalue weighted by Crippen LogP contribution is 2.36. The highest BCUT2D eigenvalue weighted by molar-refractivity contribution is 4.89. The summed E-state index contributed by atoms with van der Waals surface area (Å²) >= 11 is 0. The van der Waals surface area contributed by atoms with Crippen molar-refractivity contribution in [3.05, 3.63) is 0 Å². The Kier molecular flexibility index (Phi) is 3.45. The summed E-state index contributed by atoms with van der Waals surface area (Å²) in [6, 6.07) is 0.863. The first-order valence-electron chi connectivity index (χ1n) is 6.26. The quantitative estimate of drug-likeness (QED) is 0.720. The van der Waals surface area contributed by atoms with Crippen LogP contribution in [0.4, 0.5) is 0 Å². The van der Waals surface area contributed by atoms with Gasteiger partial charge in [0.2, 0.25) is 0 Å². The Labute approximate surface area is 88.1 Å². The van der Waals surface area contributed by atoms with Gasteiger partial charge in [0.1, 0.15) is 0 Å². The molecule has 0 aromatic rings. The molecule has 0 amide bonds. The van der Waals surface area contributed by atoms with E-state index >= 15 is 0 Å². The fraction of sp³-hybridized carbons (Fsp3) is 1.00. The minimum Gasteiger partial charge on any atom is -0.317 e. The molecule has 2 aliphatic rings. The van der Waals surface area contributed by atoms with E-state index in [0.717, 1.165) is 24.4 Å². The van der Waals surface area contributed by atoms with Crippen molar-refractivity contribution in [2.45, 2.75) is 39.2 Å². The molecular weight excluding hydrogens is 172 g/mol. The lowest BCUT2D eigenvalue weighted by molar-refractivity contribution is 0.226. The van der Waals surface area contributed by atoms with Gasteiger partial charge in [-0.2, -0.15) is 0 Å². The number of nitrogens with zero attached hydrogens (tertiary/aromatic N) is 1. The molecule has 0 radical (unpaired) electrons. The molecule has 1 N–H and O–H groups in total. The maximum Gasteiger partial charge on any atom is 0.00953 e. The van der Waals surface area contributed by atoms with Crippen molar-refractivity contribution in [3.63, 3.8) is 0 Å². The van der Waals surface area contributed by atoms with E-state index in [1.54, 1.807) is 0 Å². The molecule has 2 unspecified atom stereocenters. The maximum absolute atomic E-state index is 3.47. The molecular formula is C12H24N2. The zero-order valence-electron chi connectivity index (χ0n) is 9.63. The van der Waals surface area contributed by atoms with Gasteiger partial charge in [-0.05, 0) is 57.7 Å². The average Bonchev–Trinajstić information content (AvgIpc) is 2.94. The molecule has 0 bridgehead atoms. The molecule has 0 aromatic carbocycles. The van der Waals surface area contributed by atoms with Crippen LogP contribution in [0.2, 0.25) is 0 Å². The van der Waals surface area contributed by atoms with E-state index in [0.29, 0.717) is 0 Å². The Hall–Kier alpha value is -0.0800. The molecule has 1 saturated carbocycles. The van der Waals surface area contributed by atoms with Gasteiger partial charge >= 0.3 is 0 Å². The van der Waals surface area contributed by atoms with Gasteiger partial charge in [0.25, 0.3) is 0 Å². The fourth-order valence-corrected chi connectivity index (χ4v) is 2.62. The van der Waals surface area contributed by atoms with Crippen molar-refractivity contribution >= 4 is 0 Å². The Morgan fingerprint density at radius 3 is 2.79 bits per heavy atom. The van der Waals surface area contributed by atoms with E-state index in [-0.39, 0.29) is 0 Å². The van der Waals surface area contributed by atoms with Crippen molar-refractivity contribution in [1.82, 2.24) is 10.2 Å². The van der Waals surface area contributed by atoms with Gasteiger partial charge < -0.3 is 10.2 Å². The third-order valence-corrected chi connectivity index (χ3v) is 3.88. The molecule has 0 spiro atoms. The van der Waals surface area contributed by atoms with Crippen molar-refractivity contribution in [2.75, 3.05) is 26.2 Å². The normalized spacial score (nSPS) is 30.9. The topological polar surface area (TPSA) is 15.3 Å². The minimum atomic E-state index is 0.863. The largest absolute Gasteiger partial charge is 0.317 e. The number of hydrogen-bond acceptors (Lipinski definition) is 2. The monoisotopic (exact) mass is 196 g/mol. The summed E-state index contributed by atoms with van der Waals surface area (Å²) in [6.45, 7) is 9.64. The standard InChI is InChI=1S/C12H24N2/c1-3-13-8-11-6-7-14(9-11)10(2)12-4-5-12/h10-13H,3-9H2,1-2H3. The minimum absolute atomic E-state index is 0.863. The van der Waals surface area contributed by atoms with E-state index in [4.69, 9.17) is 0 Å². The molecule has 1 aliphatic heterocycles. The number of rotatable bonds is 5. The first-order chi connectivity index (χ1) is 6.81. The Bertz CT molecular complexity index is 177. The van der Waals surface area contributed by atoms with E-state index in [2.05, 4.69) is 24.1 Å². The van der Waals surface area contributed by atoms with Crippen molar-refractivity contribution < 1.29 is 0 Å². The SMILES string of the molecule is CCNCC1CCN(C(C)C2CC2)C1. The van der Waals surface area contributed by atoms with Gasteiger partial charge in [-0.3, -0.25) is 0 Å². The molecule has 2 atom stereocenters. The van der Waals surface area contributed by atoms with Crippen LogP contribution in [0.1, 0.15) is 33.1 Å². The zero-order chi connectivity index (χ0) is 9.97. The molecule has 2 rings (SSSR count). The lowest BCUT2D eigenvalue weighted by Gasteiger charge is -2.24. The van der Waals surface area contributed by atoms with Gasteiger partial charge in [0, 0.05) is 12.6 Å². The van der Waals surface area contributed by atoms with Crippen LogP contribution in [0.25, 0.3) is 0 Å². The van der Waals surface area contributed by atoms with Crippen molar-refractivity contribution in [1.29, 1.82) is 0 Å². The molecule has 2 fully saturated rings. The Balaban J connectivity index is 1.70. The van der Waals surface area contributed by atoms with Crippen LogP contribution >= 0.6 is 0 Å². The fourth-order valence-electron chi connectivity index (χ4n) is 2.62. The van der Waals surface area contributed by atoms with Crippen LogP contribution in [-0.4, -0.2) is 37.1 Å². The highest BCUT2D eigenvalue weighted by atomic mass is 15.2. The summed E-state index contributed by atoms with van der Waals surface area (Å²) in [5.74, 6) is 1.95. The lowest BCUT2D eigenvalue weighted by atomic mass is 10.1.